The first kappa shape index (κ1) is 15.0. The molecule has 0 saturated carbocycles. The number of aromatic nitrogens is 5. The van der Waals surface area contributed by atoms with E-state index in [2.05, 4.69) is 15.4 Å². The number of fused-ring (bicyclic) bond motifs is 1. The van der Waals surface area contributed by atoms with Gasteiger partial charge in [-0.15, -0.1) is 5.10 Å². The Balaban J connectivity index is 2.12. The highest BCUT2D eigenvalue weighted by atomic mass is 35.5. The second-order valence-corrected chi connectivity index (χ2v) is 5.73. The zero-order chi connectivity index (χ0) is 15.9. The summed E-state index contributed by atoms with van der Waals surface area (Å²) in [6.45, 7) is 4.55. The monoisotopic (exact) mass is 337 g/mol. The van der Waals surface area contributed by atoms with Crippen LogP contribution in [0.1, 0.15) is 18.2 Å². The van der Waals surface area contributed by atoms with Crippen molar-refractivity contribution >= 4 is 34.2 Å². The fraction of sp³-hybridized carbons (Fsp3) is 0.286. The Bertz CT molecular complexity index is 915. The van der Waals surface area contributed by atoms with Crippen LogP contribution in [0.2, 0.25) is 10.0 Å². The summed E-state index contributed by atoms with van der Waals surface area (Å²) in [4.78, 5) is 12.6. The molecule has 0 atom stereocenters. The summed E-state index contributed by atoms with van der Waals surface area (Å²) in [5.74, 6) is 0. The Hall–Kier alpha value is -1.92. The number of aryl methyl sites for hydroxylation is 2. The van der Waals surface area contributed by atoms with E-state index >= 15 is 0 Å². The predicted octanol–water partition coefficient (Wildman–Crippen LogP) is 2.67. The van der Waals surface area contributed by atoms with Gasteiger partial charge in [-0.05, 0) is 31.5 Å². The van der Waals surface area contributed by atoms with Crippen LogP contribution in [0, 0.1) is 6.92 Å². The molecule has 0 amide bonds. The molecule has 2 heterocycles. The highest BCUT2D eigenvalue weighted by Crippen LogP contribution is 2.21. The van der Waals surface area contributed by atoms with E-state index in [0.717, 1.165) is 5.56 Å². The Morgan fingerprint density at radius 1 is 1.23 bits per heavy atom. The fourth-order valence-corrected chi connectivity index (χ4v) is 2.78. The lowest BCUT2D eigenvalue weighted by molar-refractivity contribution is 0.592. The first-order valence-electron chi connectivity index (χ1n) is 6.76. The molecule has 3 rings (SSSR count). The second kappa shape index (κ2) is 5.70. The van der Waals surface area contributed by atoms with Gasteiger partial charge in [-0.1, -0.05) is 34.5 Å². The van der Waals surface area contributed by atoms with Gasteiger partial charge in [-0.25, -0.2) is 4.68 Å². The van der Waals surface area contributed by atoms with E-state index < -0.39 is 0 Å². The summed E-state index contributed by atoms with van der Waals surface area (Å²) in [5.41, 5.74) is 2.20. The molecule has 6 nitrogen and oxygen atoms in total. The highest BCUT2D eigenvalue weighted by Gasteiger charge is 2.15. The molecule has 0 bridgehead atoms. The summed E-state index contributed by atoms with van der Waals surface area (Å²) >= 11 is 12.0. The molecule has 0 unspecified atom stereocenters. The summed E-state index contributed by atoms with van der Waals surface area (Å²) in [6, 6.07) is 5.13. The quantitative estimate of drug-likeness (QED) is 0.736. The van der Waals surface area contributed by atoms with Crippen LogP contribution >= 0.6 is 23.2 Å². The molecule has 0 spiro atoms. The molecular formula is C14H13Cl2N5O. The third-order valence-corrected chi connectivity index (χ3v) is 4.01. The molecule has 1 aromatic carbocycles. The van der Waals surface area contributed by atoms with Crippen LogP contribution in [-0.2, 0) is 13.1 Å². The van der Waals surface area contributed by atoms with E-state index in [4.69, 9.17) is 23.2 Å². The Kier molecular flexibility index (Phi) is 3.88. The Morgan fingerprint density at radius 2 is 2.00 bits per heavy atom. The molecule has 0 fully saturated rings. The van der Waals surface area contributed by atoms with Gasteiger partial charge in [0.15, 0.2) is 5.52 Å². The van der Waals surface area contributed by atoms with Crippen LogP contribution in [0.5, 0.6) is 0 Å². The van der Waals surface area contributed by atoms with Gasteiger partial charge in [0.25, 0.3) is 5.56 Å². The molecule has 22 heavy (non-hydrogen) atoms. The first-order valence-corrected chi connectivity index (χ1v) is 7.51. The van der Waals surface area contributed by atoms with Gasteiger partial charge in [-0.2, -0.15) is 5.10 Å². The van der Waals surface area contributed by atoms with Crippen molar-refractivity contribution in [1.29, 1.82) is 0 Å². The minimum absolute atomic E-state index is 0.228. The Morgan fingerprint density at radius 3 is 2.68 bits per heavy atom. The first-order chi connectivity index (χ1) is 10.5. The van der Waals surface area contributed by atoms with Crippen LogP contribution in [0.25, 0.3) is 11.0 Å². The largest absolute Gasteiger partial charge is 0.296 e. The molecule has 0 aliphatic heterocycles. The third kappa shape index (κ3) is 2.48. The average Bonchev–Trinajstić information content (AvgIpc) is 2.81. The molecule has 0 N–H and O–H groups in total. The van der Waals surface area contributed by atoms with Crippen molar-refractivity contribution in [3.63, 3.8) is 0 Å². The van der Waals surface area contributed by atoms with Crippen molar-refractivity contribution in [2.45, 2.75) is 26.9 Å². The minimum atomic E-state index is -0.238. The van der Waals surface area contributed by atoms with Crippen LogP contribution in [-0.4, -0.2) is 24.8 Å². The van der Waals surface area contributed by atoms with Gasteiger partial charge < -0.3 is 0 Å². The zero-order valence-electron chi connectivity index (χ0n) is 12.0. The zero-order valence-corrected chi connectivity index (χ0v) is 13.6. The van der Waals surface area contributed by atoms with E-state index in [-0.39, 0.29) is 12.1 Å². The number of hydrogen-bond acceptors (Lipinski definition) is 4. The predicted molar refractivity (Wildman–Crippen MR) is 85.6 cm³/mol. The number of benzene rings is 1. The number of rotatable bonds is 3. The van der Waals surface area contributed by atoms with Crippen molar-refractivity contribution < 1.29 is 0 Å². The SMILES string of the molecule is CCn1nc(C)c2nnn(Cc3ccc(Cl)cc3Cl)c(=O)c21. The van der Waals surface area contributed by atoms with Gasteiger partial charge in [0.05, 0.1) is 12.2 Å². The van der Waals surface area contributed by atoms with Gasteiger partial charge in [-0.3, -0.25) is 9.48 Å². The van der Waals surface area contributed by atoms with Gasteiger partial charge >= 0.3 is 0 Å². The maximum atomic E-state index is 12.6. The minimum Gasteiger partial charge on any atom is -0.265 e. The lowest BCUT2D eigenvalue weighted by Gasteiger charge is -2.07. The van der Waals surface area contributed by atoms with Crippen molar-refractivity contribution in [3.05, 3.63) is 49.9 Å². The molecular weight excluding hydrogens is 325 g/mol. The van der Waals surface area contributed by atoms with Crippen molar-refractivity contribution in [2.75, 3.05) is 0 Å². The maximum absolute atomic E-state index is 12.6. The van der Waals surface area contributed by atoms with Crippen molar-refractivity contribution in [1.82, 2.24) is 24.8 Å². The molecule has 114 valence electrons. The van der Waals surface area contributed by atoms with E-state index in [1.807, 2.05) is 13.8 Å². The van der Waals surface area contributed by atoms with Crippen molar-refractivity contribution in [3.8, 4) is 0 Å². The molecule has 2 aromatic heterocycles. The summed E-state index contributed by atoms with van der Waals surface area (Å²) in [6.07, 6.45) is 0. The maximum Gasteiger partial charge on any atom is 0.296 e. The fourth-order valence-electron chi connectivity index (χ4n) is 2.31. The van der Waals surface area contributed by atoms with Crippen LogP contribution in [0.15, 0.2) is 23.0 Å². The number of nitrogens with zero attached hydrogens (tertiary/aromatic N) is 5. The lowest BCUT2D eigenvalue weighted by Crippen LogP contribution is -2.26. The lowest BCUT2D eigenvalue weighted by atomic mass is 10.2. The summed E-state index contributed by atoms with van der Waals surface area (Å²) in [7, 11) is 0. The molecule has 0 radical (unpaired) electrons. The normalized spacial score (nSPS) is 11.3. The van der Waals surface area contributed by atoms with Crippen molar-refractivity contribution in [2.24, 2.45) is 0 Å². The average molecular weight is 338 g/mol. The second-order valence-electron chi connectivity index (χ2n) is 4.89. The van der Waals surface area contributed by atoms with E-state index in [1.165, 1.54) is 4.68 Å². The molecule has 0 aliphatic rings. The molecule has 0 aliphatic carbocycles. The molecule has 0 saturated heterocycles. The number of hydrogen-bond donors (Lipinski definition) is 0. The topological polar surface area (TPSA) is 65.6 Å². The van der Waals surface area contributed by atoms with Gasteiger partial charge in [0, 0.05) is 16.6 Å². The standard InChI is InChI=1S/C14H13Cl2N5O/c1-3-20-13-12(8(2)18-20)17-19-21(14(13)22)7-9-4-5-10(15)6-11(9)16/h4-6H,3,7H2,1-2H3. The molecule has 3 aromatic rings. The van der Waals surface area contributed by atoms with Crippen LogP contribution < -0.4 is 5.56 Å². The number of halogens is 2. The smallest absolute Gasteiger partial charge is 0.265 e. The Labute approximate surface area is 136 Å². The van der Waals surface area contributed by atoms with Gasteiger partial charge in [0.1, 0.15) is 5.52 Å². The van der Waals surface area contributed by atoms with E-state index in [9.17, 15) is 4.79 Å². The summed E-state index contributed by atoms with van der Waals surface area (Å²) in [5, 5.41) is 13.4. The van der Waals surface area contributed by atoms with E-state index in [0.29, 0.717) is 33.3 Å². The van der Waals surface area contributed by atoms with Crippen LogP contribution in [0.3, 0.4) is 0 Å². The third-order valence-electron chi connectivity index (χ3n) is 3.42. The van der Waals surface area contributed by atoms with E-state index in [1.54, 1.807) is 22.9 Å². The highest BCUT2D eigenvalue weighted by molar-refractivity contribution is 6.35. The molecule has 8 heteroatoms. The summed E-state index contributed by atoms with van der Waals surface area (Å²) < 4.78 is 2.92. The van der Waals surface area contributed by atoms with Crippen LogP contribution in [0.4, 0.5) is 0 Å². The van der Waals surface area contributed by atoms with Gasteiger partial charge in [0.2, 0.25) is 0 Å².